The molecule has 0 spiro atoms. The van der Waals surface area contributed by atoms with Crippen LogP contribution in [0.5, 0.6) is 0 Å². The van der Waals surface area contributed by atoms with Crippen LogP contribution < -0.4 is 5.32 Å². The first kappa shape index (κ1) is 17.4. The van der Waals surface area contributed by atoms with Gasteiger partial charge in [0.2, 0.25) is 5.91 Å². The Morgan fingerprint density at radius 2 is 2.29 bits per heavy atom. The Balaban J connectivity index is 2.30. The number of hydrogen-bond acceptors (Lipinski definition) is 5. The van der Waals surface area contributed by atoms with Gasteiger partial charge in [-0.15, -0.1) is 17.9 Å². The molecule has 0 radical (unpaired) electrons. The highest BCUT2D eigenvalue weighted by Gasteiger charge is 2.13. The second-order valence-electron chi connectivity index (χ2n) is 4.44. The van der Waals surface area contributed by atoms with Crippen LogP contribution in [0, 0.1) is 0 Å². The summed E-state index contributed by atoms with van der Waals surface area (Å²) < 4.78 is 4.89. The first-order valence-corrected chi connectivity index (χ1v) is 7.81. The number of amides is 1. The normalized spacial score (nSPS) is 10.4. The summed E-state index contributed by atoms with van der Waals surface area (Å²) in [6.45, 7) is 7.06. The van der Waals surface area contributed by atoms with E-state index in [-0.39, 0.29) is 25.0 Å². The zero-order chi connectivity index (χ0) is 15.5. The summed E-state index contributed by atoms with van der Waals surface area (Å²) in [4.78, 5) is 26.3. The minimum absolute atomic E-state index is 0.0954. The van der Waals surface area contributed by atoms with Gasteiger partial charge in [-0.2, -0.15) is 0 Å². The van der Waals surface area contributed by atoms with Crippen LogP contribution in [-0.4, -0.2) is 49.6 Å². The second-order valence-corrected chi connectivity index (χ2v) is 5.47. The maximum absolute atomic E-state index is 11.9. The lowest BCUT2D eigenvalue weighted by Crippen LogP contribution is -2.40. The third-order valence-corrected chi connectivity index (χ3v) is 3.62. The van der Waals surface area contributed by atoms with Gasteiger partial charge in [0.15, 0.2) is 0 Å². The molecule has 0 aliphatic rings. The molecule has 1 aromatic heterocycles. The fourth-order valence-electron chi connectivity index (χ4n) is 1.80. The summed E-state index contributed by atoms with van der Waals surface area (Å²) >= 11 is 1.67. The van der Waals surface area contributed by atoms with Crippen molar-refractivity contribution in [1.82, 2.24) is 10.2 Å². The molecule has 0 atom stereocenters. The van der Waals surface area contributed by atoms with E-state index in [1.54, 1.807) is 29.2 Å². The van der Waals surface area contributed by atoms with Gasteiger partial charge < -0.3 is 10.1 Å². The molecule has 0 unspecified atom stereocenters. The molecule has 0 aliphatic heterocycles. The first-order valence-electron chi connectivity index (χ1n) is 6.93. The summed E-state index contributed by atoms with van der Waals surface area (Å²) in [6, 6.07) is 4.04. The topological polar surface area (TPSA) is 58.6 Å². The smallest absolute Gasteiger partial charge is 0.320 e. The van der Waals surface area contributed by atoms with Crippen molar-refractivity contribution in [1.29, 1.82) is 0 Å². The number of thiophene rings is 1. The average molecular weight is 310 g/mol. The molecule has 0 aromatic carbocycles. The van der Waals surface area contributed by atoms with E-state index in [1.165, 1.54) is 4.88 Å². The van der Waals surface area contributed by atoms with Crippen molar-refractivity contribution in [3.63, 3.8) is 0 Å². The second kappa shape index (κ2) is 10.1. The number of carbonyl (C=O) groups is 2. The van der Waals surface area contributed by atoms with Gasteiger partial charge in [-0.25, -0.2) is 0 Å². The van der Waals surface area contributed by atoms with Gasteiger partial charge in [-0.3, -0.25) is 14.5 Å². The van der Waals surface area contributed by atoms with Gasteiger partial charge >= 0.3 is 5.97 Å². The number of nitrogens with zero attached hydrogens (tertiary/aromatic N) is 1. The molecule has 1 N–H and O–H groups in total. The monoisotopic (exact) mass is 310 g/mol. The van der Waals surface area contributed by atoms with Crippen LogP contribution in [0.3, 0.4) is 0 Å². The summed E-state index contributed by atoms with van der Waals surface area (Å²) in [5.74, 6) is -0.427. The Hall–Kier alpha value is -1.66. The van der Waals surface area contributed by atoms with Crippen molar-refractivity contribution >= 4 is 23.2 Å². The summed E-state index contributed by atoms with van der Waals surface area (Å²) in [7, 11) is 0. The van der Waals surface area contributed by atoms with E-state index in [1.807, 2.05) is 17.5 Å². The number of ether oxygens (including phenoxy) is 1. The standard InChI is InChI=1S/C15H22N2O3S/c1-3-9-17(12-15(19)20-4-2)11-14(18)16-8-7-13-6-5-10-21-13/h3,5-6,10H,1,4,7-9,11-12H2,2H3,(H,16,18). The average Bonchev–Trinajstić information content (AvgIpc) is 2.92. The van der Waals surface area contributed by atoms with Crippen molar-refractivity contribution in [2.75, 3.05) is 32.8 Å². The molecule has 0 saturated carbocycles. The maximum atomic E-state index is 11.9. The molecule has 0 fully saturated rings. The van der Waals surface area contributed by atoms with Crippen molar-refractivity contribution < 1.29 is 14.3 Å². The summed E-state index contributed by atoms with van der Waals surface area (Å²) in [5.41, 5.74) is 0. The van der Waals surface area contributed by atoms with Gasteiger partial charge in [0.25, 0.3) is 0 Å². The third-order valence-electron chi connectivity index (χ3n) is 2.69. The molecular formula is C15H22N2O3S. The molecule has 0 bridgehead atoms. The fraction of sp³-hybridized carbons (Fsp3) is 0.467. The van der Waals surface area contributed by atoms with Crippen LogP contribution in [-0.2, 0) is 20.7 Å². The van der Waals surface area contributed by atoms with E-state index in [0.717, 1.165) is 6.42 Å². The summed E-state index contributed by atoms with van der Waals surface area (Å²) in [5, 5.41) is 4.87. The maximum Gasteiger partial charge on any atom is 0.320 e. The Kier molecular flexibility index (Phi) is 8.38. The number of nitrogens with one attached hydrogen (secondary N) is 1. The lowest BCUT2D eigenvalue weighted by molar-refractivity contribution is -0.144. The van der Waals surface area contributed by atoms with E-state index < -0.39 is 0 Å². The largest absolute Gasteiger partial charge is 0.465 e. The molecule has 1 rings (SSSR count). The van der Waals surface area contributed by atoms with Gasteiger partial charge in [-0.05, 0) is 24.8 Å². The van der Waals surface area contributed by atoms with Crippen LogP contribution >= 0.6 is 11.3 Å². The van der Waals surface area contributed by atoms with Crippen molar-refractivity contribution in [3.8, 4) is 0 Å². The molecule has 1 aromatic rings. The van der Waals surface area contributed by atoms with Gasteiger partial charge in [0, 0.05) is 18.0 Å². The molecule has 5 nitrogen and oxygen atoms in total. The molecule has 116 valence electrons. The lowest BCUT2D eigenvalue weighted by Gasteiger charge is -2.18. The van der Waals surface area contributed by atoms with E-state index in [0.29, 0.717) is 19.7 Å². The number of carbonyl (C=O) groups excluding carboxylic acids is 2. The van der Waals surface area contributed by atoms with Crippen molar-refractivity contribution in [2.45, 2.75) is 13.3 Å². The van der Waals surface area contributed by atoms with Crippen LogP contribution in [0.25, 0.3) is 0 Å². The molecule has 6 heteroatoms. The van der Waals surface area contributed by atoms with Crippen LogP contribution in [0.2, 0.25) is 0 Å². The Labute approximate surface area is 129 Å². The van der Waals surface area contributed by atoms with Crippen molar-refractivity contribution in [2.24, 2.45) is 0 Å². The number of rotatable bonds is 10. The van der Waals surface area contributed by atoms with E-state index in [2.05, 4.69) is 11.9 Å². The van der Waals surface area contributed by atoms with E-state index in [9.17, 15) is 9.59 Å². The minimum atomic E-state index is -0.328. The predicted molar refractivity (Wildman–Crippen MR) is 84.3 cm³/mol. The quantitative estimate of drug-likeness (QED) is 0.525. The third kappa shape index (κ3) is 7.63. The first-order chi connectivity index (χ1) is 10.2. The fourth-order valence-corrected chi connectivity index (χ4v) is 2.50. The Morgan fingerprint density at radius 1 is 1.48 bits per heavy atom. The number of esters is 1. The highest BCUT2D eigenvalue weighted by Crippen LogP contribution is 2.07. The summed E-state index contributed by atoms with van der Waals surface area (Å²) in [6.07, 6.45) is 2.49. The molecule has 0 saturated heterocycles. The SMILES string of the molecule is C=CCN(CC(=O)NCCc1cccs1)CC(=O)OCC. The van der Waals surface area contributed by atoms with Crippen molar-refractivity contribution in [3.05, 3.63) is 35.0 Å². The van der Waals surface area contributed by atoms with Gasteiger partial charge in [0.05, 0.1) is 19.7 Å². The minimum Gasteiger partial charge on any atom is -0.465 e. The van der Waals surface area contributed by atoms with Crippen LogP contribution in [0.4, 0.5) is 0 Å². The molecular weight excluding hydrogens is 288 g/mol. The Bertz CT molecular complexity index is 446. The van der Waals surface area contributed by atoms with E-state index >= 15 is 0 Å². The van der Waals surface area contributed by atoms with Crippen LogP contribution in [0.1, 0.15) is 11.8 Å². The molecule has 0 aliphatic carbocycles. The highest BCUT2D eigenvalue weighted by molar-refractivity contribution is 7.09. The predicted octanol–water partition coefficient (Wildman–Crippen LogP) is 1.46. The highest BCUT2D eigenvalue weighted by atomic mass is 32.1. The van der Waals surface area contributed by atoms with Crippen LogP contribution in [0.15, 0.2) is 30.2 Å². The van der Waals surface area contributed by atoms with E-state index in [4.69, 9.17) is 4.74 Å². The molecule has 1 amide bonds. The van der Waals surface area contributed by atoms with Gasteiger partial charge in [0.1, 0.15) is 0 Å². The zero-order valence-corrected chi connectivity index (χ0v) is 13.2. The zero-order valence-electron chi connectivity index (χ0n) is 12.3. The van der Waals surface area contributed by atoms with Gasteiger partial charge in [-0.1, -0.05) is 12.1 Å². The molecule has 1 heterocycles. The number of hydrogen-bond donors (Lipinski definition) is 1. The molecule has 21 heavy (non-hydrogen) atoms. The Morgan fingerprint density at radius 3 is 2.90 bits per heavy atom. The lowest BCUT2D eigenvalue weighted by atomic mass is 10.3.